The van der Waals surface area contributed by atoms with Crippen LogP contribution in [0.1, 0.15) is 22.4 Å². The Hall–Kier alpha value is -3.31. The molecule has 1 heterocycles. The van der Waals surface area contributed by atoms with Crippen LogP contribution in [0.4, 0.5) is 5.69 Å². The number of carbonyl (C=O) groups is 1. The predicted octanol–water partition coefficient (Wildman–Crippen LogP) is 5.86. The molecular formula is C24H21ClN2O3. The third-order valence-corrected chi connectivity index (χ3v) is 5.20. The van der Waals surface area contributed by atoms with Gasteiger partial charge < -0.3 is 14.6 Å². The largest absolute Gasteiger partial charge is 0.489 e. The van der Waals surface area contributed by atoms with Gasteiger partial charge >= 0.3 is 0 Å². The molecule has 0 saturated carbocycles. The molecule has 0 aliphatic rings. The van der Waals surface area contributed by atoms with E-state index in [1.165, 1.54) is 0 Å². The van der Waals surface area contributed by atoms with Gasteiger partial charge in [0.15, 0.2) is 5.58 Å². The molecular weight excluding hydrogens is 400 g/mol. The molecule has 3 aromatic carbocycles. The summed E-state index contributed by atoms with van der Waals surface area (Å²) >= 11 is 5.89. The molecule has 152 valence electrons. The van der Waals surface area contributed by atoms with E-state index in [9.17, 15) is 4.79 Å². The van der Waals surface area contributed by atoms with Gasteiger partial charge in [0.1, 0.15) is 18.1 Å². The Morgan fingerprint density at radius 2 is 1.73 bits per heavy atom. The summed E-state index contributed by atoms with van der Waals surface area (Å²) in [5.41, 5.74) is 5.33. The number of ether oxygens (including phenoxy) is 1. The highest BCUT2D eigenvalue weighted by Crippen LogP contribution is 2.23. The highest BCUT2D eigenvalue weighted by atomic mass is 35.5. The second-order valence-electron chi connectivity index (χ2n) is 7.23. The molecule has 30 heavy (non-hydrogen) atoms. The van der Waals surface area contributed by atoms with Crippen LogP contribution >= 0.6 is 11.6 Å². The van der Waals surface area contributed by atoms with E-state index < -0.39 is 0 Å². The smallest absolute Gasteiger partial charge is 0.230 e. The Bertz CT molecular complexity index is 1180. The van der Waals surface area contributed by atoms with Crippen LogP contribution in [0.15, 0.2) is 65.2 Å². The van der Waals surface area contributed by atoms with E-state index in [-0.39, 0.29) is 12.3 Å². The molecule has 0 unspecified atom stereocenters. The van der Waals surface area contributed by atoms with E-state index in [1.807, 2.05) is 74.5 Å². The molecule has 0 atom stereocenters. The minimum atomic E-state index is -0.154. The van der Waals surface area contributed by atoms with Crippen LogP contribution in [-0.2, 0) is 17.8 Å². The number of nitrogens with one attached hydrogen (secondary N) is 1. The Morgan fingerprint density at radius 3 is 2.47 bits per heavy atom. The minimum absolute atomic E-state index is 0.143. The molecule has 1 aromatic heterocycles. The Kier molecular flexibility index (Phi) is 5.72. The average Bonchev–Trinajstić information content (AvgIpc) is 3.10. The number of rotatable bonds is 6. The van der Waals surface area contributed by atoms with Crippen LogP contribution in [0.2, 0.25) is 5.02 Å². The second kappa shape index (κ2) is 8.59. The topological polar surface area (TPSA) is 64.4 Å². The molecule has 6 heteroatoms. The first kappa shape index (κ1) is 20.0. The van der Waals surface area contributed by atoms with Crippen LogP contribution in [-0.4, -0.2) is 11.1 Å². The van der Waals surface area contributed by atoms with E-state index in [4.69, 9.17) is 20.9 Å². The van der Waals surface area contributed by atoms with Crippen LogP contribution in [0.3, 0.4) is 0 Å². The quantitative estimate of drug-likeness (QED) is 0.424. The summed E-state index contributed by atoms with van der Waals surface area (Å²) in [6.07, 6.45) is 0.143. The highest BCUT2D eigenvalue weighted by Gasteiger charge is 2.14. The second-order valence-corrected chi connectivity index (χ2v) is 7.66. The number of anilines is 1. The molecule has 0 saturated heterocycles. The number of amides is 1. The van der Waals surface area contributed by atoms with Gasteiger partial charge in [0, 0.05) is 16.1 Å². The molecule has 0 aliphatic heterocycles. The first-order valence-corrected chi connectivity index (χ1v) is 9.98. The lowest BCUT2D eigenvalue weighted by Gasteiger charge is -2.08. The molecule has 5 nitrogen and oxygen atoms in total. The van der Waals surface area contributed by atoms with Crippen molar-refractivity contribution in [2.45, 2.75) is 26.9 Å². The zero-order valence-electron chi connectivity index (χ0n) is 16.7. The van der Waals surface area contributed by atoms with Gasteiger partial charge in [-0.25, -0.2) is 0 Å². The van der Waals surface area contributed by atoms with Gasteiger partial charge in [-0.15, -0.1) is 0 Å². The number of carbonyl (C=O) groups excluding carboxylic acids is 1. The van der Waals surface area contributed by atoms with Crippen molar-refractivity contribution in [3.05, 3.63) is 88.1 Å². The molecule has 0 spiro atoms. The van der Waals surface area contributed by atoms with Gasteiger partial charge in [-0.2, -0.15) is 0 Å². The van der Waals surface area contributed by atoms with Crippen LogP contribution in [0.25, 0.3) is 11.0 Å². The van der Waals surface area contributed by atoms with Crippen molar-refractivity contribution in [1.82, 2.24) is 5.16 Å². The Balaban J connectivity index is 1.35. The van der Waals surface area contributed by atoms with E-state index in [0.717, 1.165) is 27.8 Å². The summed E-state index contributed by atoms with van der Waals surface area (Å²) in [5, 5.41) is 8.53. The Labute approximate surface area is 179 Å². The first-order chi connectivity index (χ1) is 14.5. The van der Waals surface area contributed by atoms with E-state index in [2.05, 4.69) is 10.5 Å². The maximum absolute atomic E-state index is 12.5. The highest BCUT2D eigenvalue weighted by molar-refractivity contribution is 6.30. The lowest BCUT2D eigenvalue weighted by Crippen LogP contribution is -2.14. The minimum Gasteiger partial charge on any atom is -0.489 e. The van der Waals surface area contributed by atoms with Crippen molar-refractivity contribution in [2.75, 3.05) is 5.32 Å². The number of halogens is 1. The molecule has 0 radical (unpaired) electrons. The van der Waals surface area contributed by atoms with Crippen LogP contribution in [0, 0.1) is 13.8 Å². The van der Waals surface area contributed by atoms with Gasteiger partial charge in [0.25, 0.3) is 0 Å². The zero-order chi connectivity index (χ0) is 21.1. The average molecular weight is 421 g/mol. The van der Waals surface area contributed by atoms with Crippen molar-refractivity contribution in [3.8, 4) is 5.75 Å². The van der Waals surface area contributed by atoms with Crippen molar-refractivity contribution in [3.63, 3.8) is 0 Å². The number of aryl methyl sites for hydroxylation is 2. The zero-order valence-corrected chi connectivity index (χ0v) is 17.5. The molecule has 0 aliphatic carbocycles. The first-order valence-electron chi connectivity index (χ1n) is 9.60. The van der Waals surface area contributed by atoms with Crippen LogP contribution in [0.5, 0.6) is 5.75 Å². The molecule has 4 rings (SSSR count). The van der Waals surface area contributed by atoms with Gasteiger partial charge in [-0.1, -0.05) is 28.9 Å². The normalized spacial score (nSPS) is 10.9. The van der Waals surface area contributed by atoms with Crippen molar-refractivity contribution in [1.29, 1.82) is 0 Å². The van der Waals surface area contributed by atoms with E-state index >= 15 is 0 Å². The fourth-order valence-electron chi connectivity index (χ4n) is 3.11. The predicted molar refractivity (Wildman–Crippen MR) is 118 cm³/mol. The SMILES string of the molecule is Cc1cc2onc(CC(=O)Nc3ccc(OCc4ccc(Cl)cc4)cc3)c2cc1C. The maximum atomic E-state index is 12.5. The molecule has 1 amide bonds. The lowest BCUT2D eigenvalue weighted by atomic mass is 10.1. The van der Waals surface area contributed by atoms with Gasteiger partial charge in [-0.3, -0.25) is 4.79 Å². The molecule has 0 fully saturated rings. The summed E-state index contributed by atoms with van der Waals surface area (Å²) in [5.74, 6) is 0.564. The third-order valence-electron chi connectivity index (χ3n) is 4.95. The summed E-state index contributed by atoms with van der Waals surface area (Å²) < 4.78 is 11.1. The summed E-state index contributed by atoms with van der Waals surface area (Å²) in [7, 11) is 0. The number of aromatic nitrogens is 1. The maximum Gasteiger partial charge on any atom is 0.230 e. The number of nitrogens with zero attached hydrogens (tertiary/aromatic N) is 1. The van der Waals surface area contributed by atoms with Gasteiger partial charge in [-0.05, 0) is 79.1 Å². The van der Waals surface area contributed by atoms with Gasteiger partial charge in [0.2, 0.25) is 5.91 Å². The van der Waals surface area contributed by atoms with Gasteiger partial charge in [0.05, 0.1) is 6.42 Å². The number of benzene rings is 3. The standard InChI is InChI=1S/C24H21ClN2O3/c1-15-11-21-22(27-30-23(21)12-16(15)2)13-24(28)26-19-7-9-20(10-8-19)29-14-17-3-5-18(25)6-4-17/h3-12H,13-14H2,1-2H3,(H,26,28). The number of hydrogen-bond donors (Lipinski definition) is 1. The van der Waals surface area contributed by atoms with E-state index in [1.54, 1.807) is 0 Å². The number of fused-ring (bicyclic) bond motifs is 1. The lowest BCUT2D eigenvalue weighted by molar-refractivity contribution is -0.115. The fraction of sp³-hybridized carbons (Fsp3) is 0.167. The molecule has 0 bridgehead atoms. The fourth-order valence-corrected chi connectivity index (χ4v) is 3.24. The summed E-state index contributed by atoms with van der Waals surface area (Å²) in [4.78, 5) is 12.5. The summed E-state index contributed by atoms with van der Waals surface area (Å²) in [6, 6.07) is 18.7. The summed E-state index contributed by atoms with van der Waals surface area (Å²) in [6.45, 7) is 4.50. The third kappa shape index (κ3) is 4.63. The van der Waals surface area contributed by atoms with Crippen molar-refractivity contribution >= 4 is 34.2 Å². The van der Waals surface area contributed by atoms with Crippen molar-refractivity contribution in [2.24, 2.45) is 0 Å². The molecule has 4 aromatic rings. The van der Waals surface area contributed by atoms with Crippen LogP contribution < -0.4 is 10.1 Å². The molecule has 1 N–H and O–H groups in total. The van der Waals surface area contributed by atoms with E-state index in [0.29, 0.717) is 28.6 Å². The monoisotopic (exact) mass is 420 g/mol. The van der Waals surface area contributed by atoms with Crippen molar-refractivity contribution < 1.29 is 14.1 Å². The Morgan fingerprint density at radius 1 is 1.03 bits per heavy atom. The number of hydrogen-bond acceptors (Lipinski definition) is 4.